The van der Waals surface area contributed by atoms with Crippen LogP contribution in [-0.2, 0) is 11.2 Å². The van der Waals surface area contributed by atoms with Crippen LogP contribution in [-0.4, -0.2) is 23.6 Å². The normalized spacial score (nSPS) is 26.5. The molecule has 0 aromatic carbocycles. The number of alkyl halides is 1. The molecule has 0 saturated carbocycles. The molecular formula is C11H13BrClNO. The van der Waals surface area contributed by atoms with Crippen molar-refractivity contribution in [3.05, 3.63) is 28.5 Å². The fourth-order valence-electron chi connectivity index (χ4n) is 1.83. The highest BCUT2D eigenvalue weighted by molar-refractivity contribution is 9.10. The second-order valence-electron chi connectivity index (χ2n) is 3.86. The quantitative estimate of drug-likeness (QED) is 0.781. The van der Waals surface area contributed by atoms with Gasteiger partial charge in [-0.05, 0) is 40.4 Å². The van der Waals surface area contributed by atoms with E-state index in [4.69, 9.17) is 16.3 Å². The third-order valence-corrected chi connectivity index (χ3v) is 3.65. The van der Waals surface area contributed by atoms with Crippen LogP contribution in [0.2, 0.25) is 0 Å². The molecule has 0 amide bonds. The molecular weight excluding hydrogens is 277 g/mol. The first-order chi connectivity index (χ1) is 7.25. The molecule has 4 heteroatoms. The predicted octanol–water partition coefficient (Wildman–Crippen LogP) is 3.03. The lowest BCUT2D eigenvalue weighted by atomic mass is 9.94. The van der Waals surface area contributed by atoms with E-state index < -0.39 is 0 Å². The summed E-state index contributed by atoms with van der Waals surface area (Å²) in [6, 6.07) is 2.09. The predicted molar refractivity (Wildman–Crippen MR) is 64.2 cm³/mol. The van der Waals surface area contributed by atoms with Crippen LogP contribution in [0.3, 0.4) is 0 Å². The minimum Gasteiger partial charge on any atom is -0.381 e. The van der Waals surface area contributed by atoms with E-state index in [0.29, 0.717) is 5.92 Å². The van der Waals surface area contributed by atoms with Crippen molar-refractivity contribution in [1.82, 2.24) is 4.98 Å². The molecule has 0 spiro atoms. The zero-order chi connectivity index (χ0) is 10.7. The molecule has 0 N–H and O–H groups in total. The van der Waals surface area contributed by atoms with Crippen molar-refractivity contribution in [2.24, 2.45) is 5.92 Å². The van der Waals surface area contributed by atoms with Crippen molar-refractivity contribution in [1.29, 1.82) is 0 Å². The zero-order valence-electron chi connectivity index (χ0n) is 8.33. The Bertz CT molecular complexity index is 334. The van der Waals surface area contributed by atoms with Crippen molar-refractivity contribution in [2.75, 3.05) is 13.2 Å². The fourth-order valence-corrected chi connectivity index (χ4v) is 2.49. The molecule has 1 aliphatic heterocycles. The minimum absolute atomic E-state index is 0.234. The summed E-state index contributed by atoms with van der Waals surface area (Å²) in [4.78, 5) is 4.14. The van der Waals surface area contributed by atoms with Gasteiger partial charge in [0, 0.05) is 34.8 Å². The van der Waals surface area contributed by atoms with E-state index in [1.165, 1.54) is 5.56 Å². The molecule has 1 saturated heterocycles. The molecule has 0 aliphatic carbocycles. The zero-order valence-corrected chi connectivity index (χ0v) is 10.7. The SMILES string of the molecule is ClC1CCOCC1Cc1cncc(Br)c1. The number of ether oxygens (including phenoxy) is 1. The highest BCUT2D eigenvalue weighted by Crippen LogP contribution is 2.24. The van der Waals surface area contributed by atoms with Gasteiger partial charge in [0.1, 0.15) is 0 Å². The summed E-state index contributed by atoms with van der Waals surface area (Å²) in [5, 5.41) is 0.234. The first-order valence-corrected chi connectivity index (χ1v) is 6.30. The van der Waals surface area contributed by atoms with Crippen LogP contribution in [0.25, 0.3) is 0 Å². The third kappa shape index (κ3) is 3.16. The summed E-state index contributed by atoms with van der Waals surface area (Å²) in [7, 11) is 0. The molecule has 0 bridgehead atoms. The average molecular weight is 291 g/mol. The fraction of sp³-hybridized carbons (Fsp3) is 0.545. The number of rotatable bonds is 2. The molecule has 1 aromatic rings. The number of halogens is 2. The summed E-state index contributed by atoms with van der Waals surface area (Å²) >= 11 is 9.68. The van der Waals surface area contributed by atoms with Crippen LogP contribution in [0.4, 0.5) is 0 Å². The molecule has 2 rings (SSSR count). The van der Waals surface area contributed by atoms with Crippen molar-refractivity contribution in [3.63, 3.8) is 0 Å². The highest BCUT2D eigenvalue weighted by Gasteiger charge is 2.23. The summed E-state index contributed by atoms with van der Waals surface area (Å²) < 4.78 is 6.45. The lowest BCUT2D eigenvalue weighted by Crippen LogP contribution is -2.29. The van der Waals surface area contributed by atoms with E-state index >= 15 is 0 Å². The monoisotopic (exact) mass is 289 g/mol. The molecule has 2 atom stereocenters. The van der Waals surface area contributed by atoms with E-state index in [-0.39, 0.29) is 5.38 Å². The molecule has 2 heterocycles. The van der Waals surface area contributed by atoms with Crippen molar-refractivity contribution in [3.8, 4) is 0 Å². The lowest BCUT2D eigenvalue weighted by Gasteiger charge is -2.27. The second-order valence-corrected chi connectivity index (χ2v) is 5.33. The Morgan fingerprint density at radius 1 is 1.53 bits per heavy atom. The van der Waals surface area contributed by atoms with E-state index in [1.54, 1.807) is 6.20 Å². The summed E-state index contributed by atoms with van der Waals surface area (Å²) in [6.45, 7) is 1.56. The van der Waals surface area contributed by atoms with Crippen LogP contribution in [0, 0.1) is 5.92 Å². The number of aromatic nitrogens is 1. The van der Waals surface area contributed by atoms with Gasteiger partial charge in [-0.25, -0.2) is 0 Å². The van der Waals surface area contributed by atoms with Crippen LogP contribution in [0.1, 0.15) is 12.0 Å². The molecule has 15 heavy (non-hydrogen) atoms. The van der Waals surface area contributed by atoms with E-state index in [2.05, 4.69) is 27.0 Å². The Morgan fingerprint density at radius 2 is 2.40 bits per heavy atom. The van der Waals surface area contributed by atoms with Gasteiger partial charge in [-0.2, -0.15) is 0 Å². The standard InChI is InChI=1S/C11H13BrClNO/c12-10-4-8(5-14-6-10)3-9-7-15-2-1-11(9)13/h4-6,9,11H,1-3,7H2. The van der Waals surface area contributed by atoms with E-state index in [9.17, 15) is 0 Å². The van der Waals surface area contributed by atoms with Gasteiger partial charge in [0.05, 0.1) is 6.61 Å². The lowest BCUT2D eigenvalue weighted by molar-refractivity contribution is 0.0577. The Hall–Kier alpha value is -0.120. The smallest absolute Gasteiger partial charge is 0.0511 e. The van der Waals surface area contributed by atoms with Gasteiger partial charge in [-0.3, -0.25) is 4.98 Å². The summed E-state index contributed by atoms with van der Waals surface area (Å²) in [5.41, 5.74) is 1.21. The van der Waals surface area contributed by atoms with Gasteiger partial charge >= 0.3 is 0 Å². The molecule has 1 fully saturated rings. The van der Waals surface area contributed by atoms with Crippen LogP contribution >= 0.6 is 27.5 Å². The van der Waals surface area contributed by atoms with Gasteiger partial charge in [0.2, 0.25) is 0 Å². The van der Waals surface area contributed by atoms with Gasteiger partial charge in [0.25, 0.3) is 0 Å². The van der Waals surface area contributed by atoms with Crippen molar-refractivity contribution in [2.45, 2.75) is 18.2 Å². The summed E-state index contributed by atoms with van der Waals surface area (Å²) in [5.74, 6) is 0.413. The highest BCUT2D eigenvalue weighted by atomic mass is 79.9. The first kappa shape index (κ1) is 11.4. The topological polar surface area (TPSA) is 22.1 Å². The molecule has 2 unspecified atom stereocenters. The van der Waals surface area contributed by atoms with Gasteiger partial charge in [0.15, 0.2) is 0 Å². The van der Waals surface area contributed by atoms with Crippen LogP contribution in [0.5, 0.6) is 0 Å². The molecule has 1 aliphatic rings. The maximum absolute atomic E-state index is 6.26. The second kappa shape index (κ2) is 5.28. The average Bonchev–Trinajstić information content (AvgIpc) is 2.22. The Kier molecular flexibility index (Phi) is 4.00. The van der Waals surface area contributed by atoms with Gasteiger partial charge in [-0.1, -0.05) is 0 Å². The number of hydrogen-bond donors (Lipinski definition) is 0. The van der Waals surface area contributed by atoms with Crippen molar-refractivity contribution >= 4 is 27.5 Å². The molecule has 82 valence electrons. The third-order valence-electron chi connectivity index (χ3n) is 2.64. The van der Waals surface area contributed by atoms with E-state index in [1.807, 2.05) is 6.20 Å². The summed E-state index contributed by atoms with van der Waals surface area (Å²) in [6.07, 6.45) is 5.58. The Morgan fingerprint density at radius 3 is 3.13 bits per heavy atom. The number of hydrogen-bond acceptors (Lipinski definition) is 2. The molecule has 1 aromatic heterocycles. The maximum atomic E-state index is 6.26. The van der Waals surface area contributed by atoms with E-state index in [0.717, 1.165) is 30.5 Å². The maximum Gasteiger partial charge on any atom is 0.0511 e. The number of nitrogens with zero attached hydrogens (tertiary/aromatic N) is 1. The van der Waals surface area contributed by atoms with Crippen LogP contribution in [0.15, 0.2) is 22.9 Å². The van der Waals surface area contributed by atoms with Crippen molar-refractivity contribution < 1.29 is 4.74 Å². The minimum atomic E-state index is 0.234. The molecule has 0 radical (unpaired) electrons. The first-order valence-electron chi connectivity index (χ1n) is 5.07. The molecule has 2 nitrogen and oxygen atoms in total. The van der Waals surface area contributed by atoms with Gasteiger partial charge in [-0.15, -0.1) is 11.6 Å². The Labute approximate surface area is 103 Å². The number of pyridine rings is 1. The Balaban J connectivity index is 2.01. The van der Waals surface area contributed by atoms with Crippen LogP contribution < -0.4 is 0 Å². The van der Waals surface area contributed by atoms with Gasteiger partial charge < -0.3 is 4.74 Å². The largest absolute Gasteiger partial charge is 0.381 e.